The van der Waals surface area contributed by atoms with Crippen molar-refractivity contribution in [1.82, 2.24) is 0 Å². The molecule has 142 valence electrons. The van der Waals surface area contributed by atoms with Gasteiger partial charge in [-0.3, -0.25) is 0 Å². The number of rotatable bonds is 0. The molecule has 0 saturated carbocycles. The van der Waals surface area contributed by atoms with Gasteiger partial charge in [-0.2, -0.15) is 0 Å². The SMILES string of the molecule is c1ccc2c(c1)c1c(c3ccccc32)-c2c(c3ccccc3c3ccccc23)[O][Al+][O]1. The molecule has 7 rings (SSSR count). The first-order valence-electron chi connectivity index (χ1n) is 10.4. The van der Waals surface area contributed by atoms with Crippen LogP contribution in [0.4, 0.5) is 0 Å². The van der Waals surface area contributed by atoms with E-state index < -0.39 is 15.9 Å². The van der Waals surface area contributed by atoms with E-state index in [2.05, 4.69) is 97.1 Å². The molecule has 0 radical (unpaired) electrons. The maximum absolute atomic E-state index is 6.41. The second-order valence-corrected chi connectivity index (χ2v) is 8.59. The quantitative estimate of drug-likeness (QED) is 0.193. The molecule has 0 unspecified atom stereocenters. The molecule has 0 saturated heterocycles. The molecule has 1 aliphatic rings. The first-order chi connectivity index (χ1) is 15.4. The van der Waals surface area contributed by atoms with Gasteiger partial charge in [-0.1, -0.05) is 0 Å². The van der Waals surface area contributed by atoms with Crippen molar-refractivity contribution < 1.29 is 7.58 Å². The molecule has 31 heavy (non-hydrogen) atoms. The molecule has 2 nitrogen and oxygen atoms in total. The predicted molar refractivity (Wildman–Crippen MR) is 129 cm³/mol. The Bertz CT molecular complexity index is 1540. The van der Waals surface area contributed by atoms with Crippen LogP contribution >= 0.6 is 0 Å². The molecule has 0 bridgehead atoms. The Morgan fingerprint density at radius 1 is 0.355 bits per heavy atom. The van der Waals surface area contributed by atoms with Crippen LogP contribution < -0.4 is 7.58 Å². The Morgan fingerprint density at radius 2 is 0.645 bits per heavy atom. The van der Waals surface area contributed by atoms with Gasteiger partial charge >= 0.3 is 186 Å². The van der Waals surface area contributed by atoms with Gasteiger partial charge < -0.3 is 0 Å². The van der Waals surface area contributed by atoms with Crippen molar-refractivity contribution in [2.45, 2.75) is 0 Å². The summed E-state index contributed by atoms with van der Waals surface area (Å²) in [7, 11) is 0. The molecular formula is C28H16AlO2+. The minimum atomic E-state index is -0.678. The molecule has 0 amide bonds. The van der Waals surface area contributed by atoms with Gasteiger partial charge in [0.25, 0.3) is 0 Å². The zero-order valence-corrected chi connectivity index (χ0v) is 17.8. The summed E-state index contributed by atoms with van der Waals surface area (Å²) >= 11 is -0.678. The summed E-state index contributed by atoms with van der Waals surface area (Å²) < 4.78 is 12.8. The van der Waals surface area contributed by atoms with E-state index in [9.17, 15) is 0 Å². The van der Waals surface area contributed by atoms with Crippen molar-refractivity contribution in [2.24, 2.45) is 0 Å². The normalized spacial score (nSPS) is 12.4. The van der Waals surface area contributed by atoms with E-state index in [1.807, 2.05) is 0 Å². The summed E-state index contributed by atoms with van der Waals surface area (Å²) in [5, 5.41) is 9.57. The van der Waals surface area contributed by atoms with Gasteiger partial charge in [0.1, 0.15) is 0 Å². The van der Waals surface area contributed by atoms with Crippen LogP contribution in [0.25, 0.3) is 54.2 Å². The van der Waals surface area contributed by atoms with Crippen molar-refractivity contribution in [3.05, 3.63) is 97.1 Å². The van der Waals surface area contributed by atoms with E-state index in [-0.39, 0.29) is 0 Å². The molecule has 0 fully saturated rings. The first-order valence-corrected chi connectivity index (χ1v) is 11.4. The molecule has 0 spiro atoms. The third-order valence-electron chi connectivity index (χ3n) is 6.35. The van der Waals surface area contributed by atoms with E-state index in [4.69, 9.17) is 7.58 Å². The van der Waals surface area contributed by atoms with Gasteiger partial charge in [-0.25, -0.2) is 0 Å². The zero-order chi connectivity index (χ0) is 20.4. The van der Waals surface area contributed by atoms with Gasteiger partial charge in [0, 0.05) is 0 Å². The average Bonchev–Trinajstić information content (AvgIpc) is 3.05. The predicted octanol–water partition coefficient (Wildman–Crippen LogP) is 7.27. The second-order valence-electron chi connectivity index (χ2n) is 7.92. The number of hydrogen-bond acceptors (Lipinski definition) is 2. The Kier molecular flexibility index (Phi) is 3.60. The van der Waals surface area contributed by atoms with Crippen LogP contribution in [0.5, 0.6) is 11.5 Å². The van der Waals surface area contributed by atoms with Crippen LogP contribution in [0.3, 0.4) is 0 Å². The maximum atomic E-state index is 6.41. The van der Waals surface area contributed by atoms with Crippen molar-refractivity contribution in [3.63, 3.8) is 0 Å². The van der Waals surface area contributed by atoms with Crippen LogP contribution in [0.15, 0.2) is 97.1 Å². The summed E-state index contributed by atoms with van der Waals surface area (Å²) in [6, 6.07) is 34.3. The first kappa shape index (κ1) is 17.2. The van der Waals surface area contributed by atoms with Gasteiger partial charge in [0.05, 0.1) is 0 Å². The van der Waals surface area contributed by atoms with Crippen molar-refractivity contribution in [1.29, 1.82) is 0 Å². The molecular weight excluding hydrogens is 395 g/mol. The zero-order valence-electron chi connectivity index (χ0n) is 16.6. The number of fused-ring (bicyclic) bond motifs is 13. The van der Waals surface area contributed by atoms with E-state index in [1.54, 1.807) is 0 Å². The second kappa shape index (κ2) is 6.49. The van der Waals surface area contributed by atoms with Crippen molar-refractivity contribution in [2.75, 3.05) is 0 Å². The summed E-state index contributed by atoms with van der Waals surface area (Å²) in [5.74, 6) is 1.87. The van der Waals surface area contributed by atoms with Crippen molar-refractivity contribution in [3.8, 4) is 22.6 Å². The Labute approximate surface area is 186 Å². The summed E-state index contributed by atoms with van der Waals surface area (Å²) in [5.41, 5.74) is 2.27. The molecule has 1 aliphatic heterocycles. The fourth-order valence-corrected chi connectivity index (χ4v) is 5.81. The minimum absolute atomic E-state index is 0.678. The monoisotopic (exact) mass is 411 g/mol. The van der Waals surface area contributed by atoms with Crippen LogP contribution in [-0.2, 0) is 0 Å². The van der Waals surface area contributed by atoms with Gasteiger partial charge in [0.15, 0.2) is 0 Å². The molecule has 6 aromatic rings. The van der Waals surface area contributed by atoms with Crippen LogP contribution in [-0.4, -0.2) is 15.9 Å². The molecule has 0 N–H and O–H groups in total. The van der Waals surface area contributed by atoms with E-state index >= 15 is 0 Å². The van der Waals surface area contributed by atoms with Gasteiger partial charge in [0.2, 0.25) is 0 Å². The third-order valence-corrected chi connectivity index (χ3v) is 7.02. The van der Waals surface area contributed by atoms with Crippen LogP contribution in [0.1, 0.15) is 0 Å². The van der Waals surface area contributed by atoms with Crippen molar-refractivity contribution >= 4 is 59.0 Å². The molecule has 6 aromatic carbocycles. The number of benzene rings is 6. The fraction of sp³-hybridized carbons (Fsp3) is 0. The average molecular weight is 411 g/mol. The number of hydrogen-bond donors (Lipinski definition) is 0. The molecule has 3 heteroatoms. The van der Waals surface area contributed by atoms with Crippen LogP contribution in [0.2, 0.25) is 0 Å². The Hall–Kier alpha value is -3.51. The Balaban J connectivity index is 1.80. The third kappa shape index (κ3) is 2.34. The van der Waals surface area contributed by atoms with Gasteiger partial charge in [-0.05, 0) is 0 Å². The van der Waals surface area contributed by atoms with E-state index in [0.29, 0.717) is 0 Å². The van der Waals surface area contributed by atoms with Crippen LogP contribution in [0, 0.1) is 0 Å². The Morgan fingerprint density at radius 3 is 1.03 bits per heavy atom. The topological polar surface area (TPSA) is 18.5 Å². The molecule has 0 aliphatic carbocycles. The molecule has 1 heterocycles. The fourth-order valence-electron chi connectivity index (χ4n) is 5.08. The molecule has 0 atom stereocenters. The molecule has 0 aromatic heterocycles. The van der Waals surface area contributed by atoms with E-state index in [1.165, 1.54) is 32.3 Å². The summed E-state index contributed by atoms with van der Waals surface area (Å²) in [6.07, 6.45) is 0. The summed E-state index contributed by atoms with van der Waals surface area (Å²) in [4.78, 5) is 0. The van der Waals surface area contributed by atoms with E-state index in [0.717, 1.165) is 33.4 Å². The summed E-state index contributed by atoms with van der Waals surface area (Å²) in [6.45, 7) is 0. The standard InChI is InChI=1S/C28H18O2.Al/c29-27-23-15-7-3-11-19(23)17-9-1-5-13-21(17)25(27)26-22-14-6-2-10-18(22)20-12-4-8-16-24(20)28(26)30;/h1-16,29-30H;/q;+3/p-2. The van der Waals surface area contributed by atoms with Gasteiger partial charge in [-0.15, -0.1) is 0 Å².